The van der Waals surface area contributed by atoms with Crippen LogP contribution in [0.2, 0.25) is 0 Å². The Hall–Kier alpha value is -2.61. The molecule has 1 amide bonds. The summed E-state index contributed by atoms with van der Waals surface area (Å²) in [4.78, 5) is 33.9. The minimum Gasteiger partial charge on any atom is -0.495 e. The van der Waals surface area contributed by atoms with Crippen LogP contribution in [0.15, 0.2) is 23.1 Å². The quantitative estimate of drug-likeness (QED) is 0.798. The third-order valence-corrected chi connectivity index (χ3v) is 4.99. The summed E-state index contributed by atoms with van der Waals surface area (Å²) in [5.41, 5.74) is 1.57. The first kappa shape index (κ1) is 21.1. The second-order valence-corrected chi connectivity index (χ2v) is 8.44. The number of hydrogen-bond acceptors (Lipinski definition) is 6. The van der Waals surface area contributed by atoms with Gasteiger partial charge in [0.1, 0.15) is 11.4 Å². The summed E-state index contributed by atoms with van der Waals surface area (Å²) in [7, 11) is 1.57. The molecule has 2 N–H and O–H groups in total. The van der Waals surface area contributed by atoms with Crippen LogP contribution in [-0.2, 0) is 11.2 Å². The summed E-state index contributed by atoms with van der Waals surface area (Å²) in [5.74, 6) is 0.615. The highest BCUT2D eigenvalue weighted by Gasteiger charge is 2.23. The number of carbonyl (C=O) groups excluding carboxylic acids is 1. The molecule has 29 heavy (non-hydrogen) atoms. The van der Waals surface area contributed by atoms with Crippen molar-refractivity contribution in [2.75, 3.05) is 26.7 Å². The number of carbonyl (C=O) groups is 1. The molecule has 0 spiro atoms. The van der Waals surface area contributed by atoms with E-state index in [4.69, 9.17) is 9.47 Å². The highest BCUT2D eigenvalue weighted by Crippen LogP contribution is 2.17. The Labute approximate surface area is 170 Å². The van der Waals surface area contributed by atoms with E-state index in [9.17, 15) is 9.59 Å². The van der Waals surface area contributed by atoms with Gasteiger partial charge in [-0.05, 0) is 46.1 Å². The Kier molecular flexibility index (Phi) is 6.42. The Balaban J connectivity index is 1.51. The van der Waals surface area contributed by atoms with Gasteiger partial charge in [-0.1, -0.05) is 0 Å². The average Bonchev–Trinajstić information content (AvgIpc) is 2.65. The van der Waals surface area contributed by atoms with Gasteiger partial charge in [0.15, 0.2) is 0 Å². The summed E-state index contributed by atoms with van der Waals surface area (Å²) in [6, 6.07) is 3.75. The molecule has 8 nitrogen and oxygen atoms in total. The molecule has 3 rings (SSSR count). The van der Waals surface area contributed by atoms with Gasteiger partial charge in [0.25, 0.3) is 5.56 Å². The van der Waals surface area contributed by atoms with Crippen molar-refractivity contribution < 1.29 is 14.3 Å². The Morgan fingerprint density at radius 2 is 2.03 bits per heavy atom. The van der Waals surface area contributed by atoms with Gasteiger partial charge in [0, 0.05) is 37.3 Å². The number of alkyl carbamates (subject to hydrolysis) is 1. The number of hydrogen-bond donors (Lipinski definition) is 2. The van der Waals surface area contributed by atoms with Gasteiger partial charge >= 0.3 is 6.09 Å². The molecule has 0 aromatic carbocycles. The molecule has 0 saturated carbocycles. The molecule has 2 aromatic heterocycles. The van der Waals surface area contributed by atoms with Gasteiger partial charge in [-0.15, -0.1) is 0 Å². The SMILES string of the molecule is COc1cnc2cc(CCN3CCC(NC(=O)OC(C)(C)C)CC3)c(=O)[nH]c2c1. The molecule has 0 radical (unpaired) electrons. The van der Waals surface area contributed by atoms with Crippen LogP contribution in [0.4, 0.5) is 4.79 Å². The van der Waals surface area contributed by atoms with Crippen LogP contribution in [0.25, 0.3) is 11.0 Å². The number of ether oxygens (including phenoxy) is 2. The standard InChI is InChI=1S/C21H30N4O4/c1-21(2,3)29-20(27)23-15-6-9-25(10-7-15)8-5-14-11-17-18(24-19(14)26)12-16(28-4)13-22-17/h11-13,15H,5-10H2,1-4H3,(H,23,27)(H,24,26). The zero-order valence-corrected chi connectivity index (χ0v) is 17.6. The molecule has 1 fully saturated rings. The largest absolute Gasteiger partial charge is 0.495 e. The van der Waals surface area contributed by atoms with Crippen molar-refractivity contribution in [2.45, 2.75) is 51.7 Å². The number of aromatic amines is 1. The summed E-state index contributed by atoms with van der Waals surface area (Å²) < 4.78 is 10.5. The van der Waals surface area contributed by atoms with E-state index in [0.29, 0.717) is 17.7 Å². The Morgan fingerprint density at radius 3 is 2.69 bits per heavy atom. The third-order valence-electron chi connectivity index (χ3n) is 4.99. The number of rotatable bonds is 5. The van der Waals surface area contributed by atoms with Crippen molar-refractivity contribution in [3.8, 4) is 5.75 Å². The van der Waals surface area contributed by atoms with Gasteiger partial charge in [0.2, 0.25) is 0 Å². The van der Waals surface area contributed by atoms with E-state index >= 15 is 0 Å². The lowest BCUT2D eigenvalue weighted by molar-refractivity contribution is 0.0479. The Morgan fingerprint density at radius 1 is 1.31 bits per heavy atom. The third kappa shape index (κ3) is 5.93. The maximum Gasteiger partial charge on any atom is 0.407 e. The number of nitrogens with zero attached hydrogens (tertiary/aromatic N) is 2. The molecule has 1 aliphatic rings. The summed E-state index contributed by atoms with van der Waals surface area (Å²) in [6.07, 6.45) is 3.68. The van der Waals surface area contributed by atoms with Crippen molar-refractivity contribution in [2.24, 2.45) is 0 Å². The number of nitrogens with one attached hydrogen (secondary N) is 2. The zero-order chi connectivity index (χ0) is 21.0. The predicted molar refractivity (Wildman–Crippen MR) is 111 cm³/mol. The molecule has 3 heterocycles. The van der Waals surface area contributed by atoms with Crippen LogP contribution in [-0.4, -0.2) is 59.3 Å². The summed E-state index contributed by atoms with van der Waals surface area (Å²) >= 11 is 0. The van der Waals surface area contributed by atoms with E-state index < -0.39 is 5.60 Å². The van der Waals surface area contributed by atoms with Crippen LogP contribution >= 0.6 is 0 Å². The van der Waals surface area contributed by atoms with E-state index in [1.807, 2.05) is 26.8 Å². The van der Waals surface area contributed by atoms with E-state index in [-0.39, 0.29) is 17.7 Å². The second kappa shape index (κ2) is 8.82. The van der Waals surface area contributed by atoms with Gasteiger partial charge in [-0.3, -0.25) is 9.78 Å². The molecular weight excluding hydrogens is 372 g/mol. The number of methoxy groups -OCH3 is 1. The first-order valence-electron chi connectivity index (χ1n) is 10.0. The number of likely N-dealkylation sites (tertiary alicyclic amines) is 1. The van der Waals surface area contributed by atoms with E-state index in [0.717, 1.165) is 43.6 Å². The minimum atomic E-state index is -0.488. The zero-order valence-electron chi connectivity index (χ0n) is 17.6. The van der Waals surface area contributed by atoms with Crippen LogP contribution in [0, 0.1) is 0 Å². The number of amides is 1. The lowest BCUT2D eigenvalue weighted by Gasteiger charge is -2.32. The normalized spacial score (nSPS) is 16.0. The highest BCUT2D eigenvalue weighted by atomic mass is 16.6. The van der Waals surface area contributed by atoms with Crippen LogP contribution in [0.1, 0.15) is 39.2 Å². The first-order chi connectivity index (χ1) is 13.7. The van der Waals surface area contributed by atoms with Crippen LogP contribution < -0.4 is 15.6 Å². The summed E-state index contributed by atoms with van der Waals surface area (Å²) in [6.45, 7) is 8.12. The average molecular weight is 402 g/mol. The van der Waals surface area contributed by atoms with Gasteiger partial charge in [0.05, 0.1) is 24.3 Å². The molecule has 1 saturated heterocycles. The van der Waals surface area contributed by atoms with Gasteiger partial charge in [-0.25, -0.2) is 4.79 Å². The van der Waals surface area contributed by atoms with Gasteiger partial charge < -0.3 is 24.7 Å². The number of aromatic nitrogens is 2. The van der Waals surface area contributed by atoms with Crippen molar-refractivity contribution in [1.82, 2.24) is 20.2 Å². The van der Waals surface area contributed by atoms with E-state index in [2.05, 4.69) is 20.2 Å². The second-order valence-electron chi connectivity index (χ2n) is 8.44. The van der Waals surface area contributed by atoms with Crippen molar-refractivity contribution in [3.05, 3.63) is 34.2 Å². The molecular formula is C21H30N4O4. The monoisotopic (exact) mass is 402 g/mol. The fraction of sp³-hybridized carbons (Fsp3) is 0.571. The van der Waals surface area contributed by atoms with Crippen molar-refractivity contribution in [3.63, 3.8) is 0 Å². The lowest BCUT2D eigenvalue weighted by Crippen LogP contribution is -2.46. The molecule has 0 unspecified atom stereocenters. The topological polar surface area (TPSA) is 96.5 Å². The molecule has 0 atom stereocenters. The number of fused-ring (bicyclic) bond motifs is 1. The van der Waals surface area contributed by atoms with Crippen LogP contribution in [0.5, 0.6) is 5.75 Å². The van der Waals surface area contributed by atoms with Crippen molar-refractivity contribution in [1.29, 1.82) is 0 Å². The first-order valence-corrected chi connectivity index (χ1v) is 10.0. The maximum atomic E-state index is 12.4. The molecule has 158 valence electrons. The maximum absolute atomic E-state index is 12.4. The van der Waals surface area contributed by atoms with Gasteiger partial charge in [-0.2, -0.15) is 0 Å². The molecule has 2 aromatic rings. The number of pyridine rings is 2. The fourth-order valence-corrected chi connectivity index (χ4v) is 3.46. The molecule has 0 aliphatic carbocycles. The number of H-pyrrole nitrogens is 1. The van der Waals surface area contributed by atoms with E-state index in [1.165, 1.54) is 0 Å². The minimum absolute atomic E-state index is 0.0889. The lowest BCUT2D eigenvalue weighted by atomic mass is 10.0. The Bertz CT molecular complexity index is 911. The smallest absolute Gasteiger partial charge is 0.407 e. The number of piperidine rings is 1. The van der Waals surface area contributed by atoms with E-state index in [1.54, 1.807) is 19.4 Å². The van der Waals surface area contributed by atoms with Crippen LogP contribution in [0.3, 0.4) is 0 Å². The molecule has 8 heteroatoms. The predicted octanol–water partition coefficient (Wildman–Crippen LogP) is 2.46. The van der Waals surface area contributed by atoms with Crippen molar-refractivity contribution >= 4 is 17.1 Å². The summed E-state index contributed by atoms with van der Waals surface area (Å²) in [5, 5.41) is 2.95. The molecule has 0 bridgehead atoms. The molecule has 1 aliphatic heterocycles. The fourth-order valence-electron chi connectivity index (χ4n) is 3.46. The highest BCUT2D eigenvalue weighted by molar-refractivity contribution is 5.75.